The molecule has 0 bridgehead atoms. The van der Waals surface area contributed by atoms with Gasteiger partial charge in [-0.3, -0.25) is 5.43 Å². The summed E-state index contributed by atoms with van der Waals surface area (Å²) >= 11 is 1.19. The fourth-order valence-corrected chi connectivity index (χ4v) is 3.12. The quantitative estimate of drug-likeness (QED) is 0.363. The van der Waals surface area contributed by atoms with Crippen molar-refractivity contribution in [1.82, 2.24) is 4.98 Å². The number of esters is 1. The Morgan fingerprint density at radius 2 is 1.93 bits per heavy atom. The highest BCUT2D eigenvalue weighted by molar-refractivity contribution is 7.17. The largest absolute Gasteiger partial charge is 0.493 e. The zero-order chi connectivity index (χ0) is 20.5. The van der Waals surface area contributed by atoms with Crippen LogP contribution in [0.1, 0.15) is 41.2 Å². The van der Waals surface area contributed by atoms with Gasteiger partial charge >= 0.3 is 5.97 Å². The number of hydrazone groups is 1. The molecule has 0 aliphatic carbocycles. The highest BCUT2D eigenvalue weighted by Gasteiger charge is 2.16. The molecule has 8 nitrogen and oxygen atoms in total. The summed E-state index contributed by atoms with van der Waals surface area (Å²) in [5.74, 6) is 1.30. The zero-order valence-corrected chi connectivity index (χ0v) is 17.5. The average Bonchev–Trinajstić information content (AvgIpc) is 3.06. The van der Waals surface area contributed by atoms with Crippen molar-refractivity contribution in [3.05, 3.63) is 28.3 Å². The summed E-state index contributed by atoms with van der Waals surface area (Å²) in [6.45, 7) is 6.42. The Morgan fingerprint density at radius 3 is 2.50 bits per heavy atom. The Kier molecular flexibility index (Phi) is 8.06. The number of ether oxygens (including phenoxy) is 4. The number of carbonyl (C=O) groups excluding carboxylic acids is 1. The molecule has 9 heteroatoms. The van der Waals surface area contributed by atoms with Crippen LogP contribution in [-0.2, 0) is 4.74 Å². The molecular weight excluding hydrogens is 382 g/mol. The van der Waals surface area contributed by atoms with Crippen molar-refractivity contribution in [2.75, 3.05) is 32.9 Å². The molecule has 0 fully saturated rings. The second-order valence-electron chi connectivity index (χ2n) is 5.63. The van der Waals surface area contributed by atoms with E-state index in [1.165, 1.54) is 11.3 Å². The standard InChI is InChI=1S/C19H25N3O5S/c1-6-8-27-16-14(24-4)9-13(10-15(16)25-5)11-20-22-19-21-12(3)17(28-19)18(23)26-7-2/h9-11H,6-8H2,1-5H3,(H,21,22)/b20-11-. The Labute approximate surface area is 168 Å². The summed E-state index contributed by atoms with van der Waals surface area (Å²) < 4.78 is 21.6. The SMILES string of the molecule is CCCOc1c(OC)cc(/C=N\Nc2nc(C)c(C(=O)OCC)s2)cc1OC. The van der Waals surface area contributed by atoms with Crippen LogP contribution in [0.4, 0.5) is 5.13 Å². The summed E-state index contributed by atoms with van der Waals surface area (Å²) in [6, 6.07) is 3.60. The van der Waals surface area contributed by atoms with E-state index < -0.39 is 0 Å². The van der Waals surface area contributed by atoms with Gasteiger partial charge in [0, 0.05) is 5.56 Å². The van der Waals surface area contributed by atoms with E-state index in [1.807, 2.05) is 6.92 Å². The molecule has 0 aliphatic heterocycles. The molecule has 0 spiro atoms. The number of rotatable bonds is 10. The number of thiazole rings is 1. The molecule has 0 atom stereocenters. The molecule has 0 unspecified atom stereocenters. The number of anilines is 1. The van der Waals surface area contributed by atoms with Gasteiger partial charge in [0.05, 0.1) is 39.3 Å². The van der Waals surface area contributed by atoms with E-state index in [2.05, 4.69) is 15.5 Å². The predicted molar refractivity (Wildman–Crippen MR) is 109 cm³/mol. The maximum absolute atomic E-state index is 11.9. The number of benzene rings is 1. The van der Waals surface area contributed by atoms with Crippen molar-refractivity contribution in [1.29, 1.82) is 0 Å². The van der Waals surface area contributed by atoms with Gasteiger partial charge in [-0.25, -0.2) is 9.78 Å². The molecule has 0 aliphatic rings. The highest BCUT2D eigenvalue weighted by Crippen LogP contribution is 2.38. The average molecular weight is 407 g/mol. The minimum atomic E-state index is -0.383. The number of hydrogen-bond donors (Lipinski definition) is 1. The van der Waals surface area contributed by atoms with E-state index in [9.17, 15) is 4.79 Å². The van der Waals surface area contributed by atoms with Crippen molar-refractivity contribution < 1.29 is 23.7 Å². The third kappa shape index (κ3) is 5.35. The number of carbonyl (C=O) groups is 1. The fraction of sp³-hybridized carbons (Fsp3) is 0.421. The summed E-state index contributed by atoms with van der Waals surface area (Å²) in [4.78, 5) is 16.6. The molecule has 0 radical (unpaired) electrons. The normalized spacial score (nSPS) is 10.8. The molecule has 0 saturated heterocycles. The van der Waals surface area contributed by atoms with Crippen LogP contribution in [0.5, 0.6) is 17.2 Å². The predicted octanol–water partition coefficient (Wildman–Crippen LogP) is 3.88. The van der Waals surface area contributed by atoms with Crippen LogP contribution in [0.2, 0.25) is 0 Å². The van der Waals surface area contributed by atoms with Crippen molar-refractivity contribution in [3.63, 3.8) is 0 Å². The van der Waals surface area contributed by atoms with Gasteiger partial charge in [0.2, 0.25) is 10.9 Å². The van der Waals surface area contributed by atoms with Crippen LogP contribution in [0.15, 0.2) is 17.2 Å². The van der Waals surface area contributed by atoms with Gasteiger partial charge in [-0.2, -0.15) is 5.10 Å². The van der Waals surface area contributed by atoms with E-state index >= 15 is 0 Å². The summed E-state index contributed by atoms with van der Waals surface area (Å²) in [5.41, 5.74) is 4.18. The van der Waals surface area contributed by atoms with Gasteiger partial charge in [0.25, 0.3) is 0 Å². The maximum Gasteiger partial charge on any atom is 0.350 e. The van der Waals surface area contributed by atoms with E-state index in [1.54, 1.807) is 46.4 Å². The monoisotopic (exact) mass is 407 g/mol. The molecule has 2 aromatic rings. The van der Waals surface area contributed by atoms with Crippen molar-refractivity contribution in [3.8, 4) is 17.2 Å². The Morgan fingerprint density at radius 1 is 1.25 bits per heavy atom. The molecule has 2 rings (SSSR count). The molecule has 1 aromatic heterocycles. The number of methoxy groups -OCH3 is 2. The van der Waals surface area contributed by atoms with Gasteiger partial charge in [0.1, 0.15) is 4.88 Å². The first-order valence-electron chi connectivity index (χ1n) is 8.86. The molecule has 1 aromatic carbocycles. The smallest absolute Gasteiger partial charge is 0.350 e. The van der Waals surface area contributed by atoms with Crippen molar-refractivity contribution >= 4 is 28.7 Å². The molecule has 1 heterocycles. The van der Waals surface area contributed by atoms with E-state index in [-0.39, 0.29) is 5.97 Å². The summed E-state index contributed by atoms with van der Waals surface area (Å²) in [7, 11) is 3.14. The van der Waals surface area contributed by atoms with Crippen LogP contribution in [0.3, 0.4) is 0 Å². The zero-order valence-electron chi connectivity index (χ0n) is 16.7. The van der Waals surface area contributed by atoms with E-state index in [0.717, 1.165) is 12.0 Å². The lowest BCUT2D eigenvalue weighted by Crippen LogP contribution is -2.03. The number of nitrogens with zero attached hydrogens (tertiary/aromatic N) is 2. The lowest BCUT2D eigenvalue weighted by Gasteiger charge is -2.14. The van der Waals surface area contributed by atoms with Crippen LogP contribution < -0.4 is 19.6 Å². The number of hydrogen-bond acceptors (Lipinski definition) is 9. The lowest BCUT2D eigenvalue weighted by molar-refractivity contribution is 0.0531. The second-order valence-corrected chi connectivity index (χ2v) is 6.63. The Bertz CT molecular complexity index is 810. The van der Waals surface area contributed by atoms with Gasteiger partial charge < -0.3 is 18.9 Å². The van der Waals surface area contributed by atoms with Gasteiger partial charge in [-0.15, -0.1) is 0 Å². The third-order valence-corrected chi connectivity index (χ3v) is 4.61. The molecule has 28 heavy (non-hydrogen) atoms. The van der Waals surface area contributed by atoms with Crippen LogP contribution in [0, 0.1) is 6.92 Å². The number of aromatic nitrogens is 1. The highest BCUT2D eigenvalue weighted by atomic mass is 32.1. The fourth-order valence-electron chi connectivity index (χ4n) is 2.31. The third-order valence-electron chi connectivity index (χ3n) is 3.56. The molecule has 1 N–H and O–H groups in total. The van der Waals surface area contributed by atoms with Gasteiger partial charge in [0.15, 0.2) is 11.5 Å². The van der Waals surface area contributed by atoms with Gasteiger partial charge in [-0.1, -0.05) is 18.3 Å². The van der Waals surface area contributed by atoms with Gasteiger partial charge in [-0.05, 0) is 32.4 Å². The first-order valence-corrected chi connectivity index (χ1v) is 9.68. The van der Waals surface area contributed by atoms with E-state index in [4.69, 9.17) is 18.9 Å². The first-order chi connectivity index (χ1) is 13.5. The molecular formula is C19H25N3O5S. The topological polar surface area (TPSA) is 91.3 Å². The summed E-state index contributed by atoms with van der Waals surface area (Å²) in [6.07, 6.45) is 2.48. The van der Waals surface area contributed by atoms with Crippen molar-refractivity contribution in [2.45, 2.75) is 27.2 Å². The summed E-state index contributed by atoms with van der Waals surface area (Å²) in [5, 5.41) is 4.68. The minimum Gasteiger partial charge on any atom is -0.493 e. The minimum absolute atomic E-state index is 0.318. The van der Waals surface area contributed by atoms with Crippen LogP contribution >= 0.6 is 11.3 Å². The number of aryl methyl sites for hydroxylation is 1. The second kappa shape index (κ2) is 10.5. The van der Waals surface area contributed by atoms with Crippen LogP contribution in [-0.4, -0.2) is 44.6 Å². The van der Waals surface area contributed by atoms with E-state index in [0.29, 0.717) is 46.2 Å². The Balaban J connectivity index is 2.16. The Hall–Kier alpha value is -2.81. The van der Waals surface area contributed by atoms with Crippen molar-refractivity contribution in [2.24, 2.45) is 5.10 Å². The molecule has 0 saturated carbocycles. The number of nitrogens with one attached hydrogen (secondary N) is 1. The van der Waals surface area contributed by atoms with Crippen LogP contribution in [0.25, 0.3) is 0 Å². The lowest BCUT2D eigenvalue weighted by atomic mass is 10.2. The molecule has 152 valence electrons. The maximum atomic E-state index is 11.9. The first kappa shape index (κ1) is 21.5. The molecule has 0 amide bonds.